The van der Waals surface area contributed by atoms with Gasteiger partial charge in [0, 0.05) is 12.3 Å². The first-order valence-corrected chi connectivity index (χ1v) is 5.27. The number of aromatic nitrogens is 2. The number of nitrogens with zero attached hydrogens (tertiary/aromatic N) is 2. The number of carbonyl (C=O) groups is 1. The highest BCUT2D eigenvalue weighted by Gasteiger charge is 2.08. The van der Waals surface area contributed by atoms with Gasteiger partial charge in [-0.05, 0) is 0 Å². The molecule has 2 rings (SSSR count). The van der Waals surface area contributed by atoms with Crippen LogP contribution in [0.5, 0.6) is 0 Å². The van der Waals surface area contributed by atoms with E-state index in [0.717, 1.165) is 0 Å². The minimum atomic E-state index is -0.203. The van der Waals surface area contributed by atoms with E-state index in [1.165, 1.54) is 11.3 Å². The lowest BCUT2D eigenvalue weighted by molar-refractivity contribution is 0.0943. The first-order valence-electron chi connectivity index (χ1n) is 4.33. The van der Waals surface area contributed by atoms with Gasteiger partial charge in [0.2, 0.25) is 0 Å². The van der Waals surface area contributed by atoms with Gasteiger partial charge in [0.15, 0.2) is 5.89 Å². The van der Waals surface area contributed by atoms with Crippen LogP contribution in [0.25, 0.3) is 0 Å². The second-order valence-electron chi connectivity index (χ2n) is 2.90. The van der Waals surface area contributed by atoms with Gasteiger partial charge in [0.05, 0.1) is 18.3 Å². The molecule has 2 aromatic heterocycles. The fourth-order valence-electron chi connectivity index (χ4n) is 1.07. The molecule has 0 bridgehead atoms. The van der Waals surface area contributed by atoms with Gasteiger partial charge in [-0.25, -0.2) is 9.97 Å². The first kappa shape index (κ1) is 9.85. The number of carbonyl (C=O) groups excluding carboxylic acids is 1. The van der Waals surface area contributed by atoms with Crippen LogP contribution in [0.4, 0.5) is 0 Å². The van der Waals surface area contributed by atoms with Crippen molar-refractivity contribution in [1.29, 1.82) is 0 Å². The van der Waals surface area contributed by atoms with E-state index in [2.05, 4.69) is 15.3 Å². The number of rotatable bonds is 3. The zero-order chi connectivity index (χ0) is 10.7. The molecule has 0 fully saturated rings. The van der Waals surface area contributed by atoms with E-state index < -0.39 is 0 Å². The van der Waals surface area contributed by atoms with Crippen LogP contribution >= 0.6 is 11.3 Å². The van der Waals surface area contributed by atoms with Crippen molar-refractivity contribution in [1.82, 2.24) is 15.3 Å². The minimum absolute atomic E-state index is 0.203. The van der Waals surface area contributed by atoms with Gasteiger partial charge in [-0.2, -0.15) is 0 Å². The van der Waals surface area contributed by atoms with Gasteiger partial charge in [0.1, 0.15) is 11.5 Å². The van der Waals surface area contributed by atoms with Gasteiger partial charge in [-0.3, -0.25) is 4.79 Å². The molecule has 6 heteroatoms. The van der Waals surface area contributed by atoms with Crippen LogP contribution < -0.4 is 5.32 Å². The normalized spacial score (nSPS) is 10.2. The first-order chi connectivity index (χ1) is 7.25. The second kappa shape index (κ2) is 4.22. The third-order valence-electron chi connectivity index (χ3n) is 1.76. The average Bonchev–Trinajstić information content (AvgIpc) is 2.84. The summed E-state index contributed by atoms with van der Waals surface area (Å²) in [5.74, 6) is 1.02. The van der Waals surface area contributed by atoms with Crippen molar-refractivity contribution < 1.29 is 9.21 Å². The molecule has 5 nitrogen and oxygen atoms in total. The number of hydrogen-bond acceptors (Lipinski definition) is 5. The molecule has 0 spiro atoms. The standard InChI is InChI=1S/C9H9N3O2S/c1-6-10-2-7(14-6)3-11-9(13)8-4-15-5-12-8/h2,4-5H,3H2,1H3,(H,11,13). The van der Waals surface area contributed by atoms with Gasteiger partial charge in [-0.1, -0.05) is 0 Å². The molecule has 0 aliphatic rings. The zero-order valence-electron chi connectivity index (χ0n) is 8.06. The Morgan fingerprint density at radius 1 is 1.60 bits per heavy atom. The van der Waals surface area contributed by atoms with Crippen LogP contribution in [0.1, 0.15) is 22.1 Å². The molecule has 1 amide bonds. The van der Waals surface area contributed by atoms with Crippen LogP contribution in [-0.4, -0.2) is 15.9 Å². The molecule has 0 radical (unpaired) electrons. The Bertz CT molecular complexity index is 450. The Balaban J connectivity index is 1.91. The van der Waals surface area contributed by atoms with Gasteiger partial charge >= 0.3 is 0 Å². The molecule has 0 saturated carbocycles. The van der Waals surface area contributed by atoms with Crippen molar-refractivity contribution >= 4 is 17.2 Å². The molecular weight excluding hydrogens is 214 g/mol. The van der Waals surface area contributed by atoms with E-state index in [4.69, 9.17) is 4.42 Å². The molecule has 78 valence electrons. The molecule has 0 unspecified atom stereocenters. The Kier molecular flexibility index (Phi) is 2.77. The highest BCUT2D eigenvalue weighted by molar-refractivity contribution is 7.07. The summed E-state index contributed by atoms with van der Waals surface area (Å²) >= 11 is 1.39. The SMILES string of the molecule is Cc1ncc(CNC(=O)c2cscn2)o1. The lowest BCUT2D eigenvalue weighted by Gasteiger charge is -1.98. The van der Waals surface area contributed by atoms with Crippen LogP contribution in [0.3, 0.4) is 0 Å². The minimum Gasteiger partial charge on any atom is -0.444 e. The van der Waals surface area contributed by atoms with Crippen molar-refractivity contribution in [3.63, 3.8) is 0 Å². The summed E-state index contributed by atoms with van der Waals surface area (Å²) in [5.41, 5.74) is 2.05. The quantitative estimate of drug-likeness (QED) is 0.853. The number of oxazole rings is 1. The lowest BCUT2D eigenvalue weighted by atomic mass is 10.4. The fraction of sp³-hybridized carbons (Fsp3) is 0.222. The number of thiazole rings is 1. The summed E-state index contributed by atoms with van der Waals surface area (Å²) in [5, 5.41) is 4.38. The summed E-state index contributed by atoms with van der Waals surface area (Å²) in [6.07, 6.45) is 1.59. The van der Waals surface area contributed by atoms with E-state index in [9.17, 15) is 4.79 Å². The van der Waals surface area contributed by atoms with Crippen molar-refractivity contribution in [2.24, 2.45) is 0 Å². The summed E-state index contributed by atoms with van der Waals surface area (Å²) in [6, 6.07) is 0. The van der Waals surface area contributed by atoms with Crippen molar-refractivity contribution in [2.75, 3.05) is 0 Å². The van der Waals surface area contributed by atoms with Crippen molar-refractivity contribution in [2.45, 2.75) is 13.5 Å². The second-order valence-corrected chi connectivity index (χ2v) is 3.62. The number of hydrogen-bond donors (Lipinski definition) is 1. The van der Waals surface area contributed by atoms with Gasteiger partial charge in [0.25, 0.3) is 5.91 Å². The Morgan fingerprint density at radius 3 is 3.07 bits per heavy atom. The smallest absolute Gasteiger partial charge is 0.271 e. The predicted molar refractivity (Wildman–Crippen MR) is 54.5 cm³/mol. The maximum absolute atomic E-state index is 11.5. The van der Waals surface area contributed by atoms with Gasteiger partial charge in [-0.15, -0.1) is 11.3 Å². The molecule has 0 atom stereocenters. The van der Waals surface area contributed by atoms with E-state index >= 15 is 0 Å². The Labute approximate surface area is 90.2 Å². The summed E-state index contributed by atoms with van der Waals surface area (Å²) in [4.78, 5) is 19.3. The molecule has 0 aliphatic heterocycles. The Hall–Kier alpha value is -1.69. The number of aryl methyl sites for hydroxylation is 1. The molecule has 2 heterocycles. The molecule has 0 aliphatic carbocycles. The third kappa shape index (κ3) is 2.41. The van der Waals surface area contributed by atoms with E-state index in [1.54, 1.807) is 24.0 Å². The molecule has 2 aromatic rings. The van der Waals surface area contributed by atoms with E-state index in [0.29, 0.717) is 23.9 Å². The van der Waals surface area contributed by atoms with Crippen LogP contribution in [0.2, 0.25) is 0 Å². The lowest BCUT2D eigenvalue weighted by Crippen LogP contribution is -2.22. The van der Waals surface area contributed by atoms with Crippen molar-refractivity contribution in [3.05, 3.63) is 34.4 Å². The number of amides is 1. The summed E-state index contributed by atoms with van der Waals surface area (Å²) in [6.45, 7) is 2.09. The van der Waals surface area contributed by atoms with Crippen molar-refractivity contribution in [3.8, 4) is 0 Å². The van der Waals surface area contributed by atoms with Crippen LogP contribution in [0, 0.1) is 6.92 Å². The highest BCUT2D eigenvalue weighted by atomic mass is 32.1. The van der Waals surface area contributed by atoms with Crippen LogP contribution in [-0.2, 0) is 6.54 Å². The fourth-order valence-corrected chi connectivity index (χ4v) is 1.60. The molecule has 0 saturated heterocycles. The molecular formula is C9H9N3O2S. The molecule has 1 N–H and O–H groups in total. The zero-order valence-corrected chi connectivity index (χ0v) is 8.87. The van der Waals surface area contributed by atoms with Crippen LogP contribution in [0.15, 0.2) is 21.5 Å². The summed E-state index contributed by atoms with van der Waals surface area (Å²) < 4.78 is 5.21. The average molecular weight is 223 g/mol. The number of nitrogens with one attached hydrogen (secondary N) is 1. The maximum atomic E-state index is 11.5. The van der Waals surface area contributed by atoms with E-state index in [1.807, 2.05) is 0 Å². The predicted octanol–water partition coefficient (Wildman–Crippen LogP) is 1.37. The van der Waals surface area contributed by atoms with Gasteiger partial charge < -0.3 is 9.73 Å². The summed E-state index contributed by atoms with van der Waals surface area (Å²) in [7, 11) is 0. The monoisotopic (exact) mass is 223 g/mol. The maximum Gasteiger partial charge on any atom is 0.271 e. The molecule has 15 heavy (non-hydrogen) atoms. The largest absolute Gasteiger partial charge is 0.444 e. The Morgan fingerprint density at radius 2 is 2.47 bits per heavy atom. The highest BCUT2D eigenvalue weighted by Crippen LogP contribution is 2.03. The topological polar surface area (TPSA) is 68.0 Å². The third-order valence-corrected chi connectivity index (χ3v) is 2.34. The van der Waals surface area contributed by atoms with E-state index in [-0.39, 0.29) is 5.91 Å². The molecule has 0 aromatic carbocycles.